The van der Waals surface area contributed by atoms with Gasteiger partial charge in [-0.2, -0.15) is 10.2 Å². The van der Waals surface area contributed by atoms with Gasteiger partial charge in [-0.3, -0.25) is 39.2 Å². The van der Waals surface area contributed by atoms with Crippen molar-refractivity contribution in [3.8, 4) is 11.5 Å². The summed E-state index contributed by atoms with van der Waals surface area (Å²) in [4.78, 5) is 65.3. The third-order valence-electron chi connectivity index (χ3n) is 11.0. The first-order valence-electron chi connectivity index (χ1n) is 21.3. The Morgan fingerprint density at radius 2 is 1.26 bits per heavy atom. The second-order valence-corrected chi connectivity index (χ2v) is 15.5. The number of carbonyl (C=O) groups is 4. The third-order valence-corrected chi connectivity index (χ3v) is 11.0. The summed E-state index contributed by atoms with van der Waals surface area (Å²) in [7, 11) is 0. The van der Waals surface area contributed by atoms with Crippen LogP contribution in [0.4, 0.5) is 11.9 Å². The number of rotatable bonds is 12. The SMILES string of the molecule is CCn1nc(C)cc1C(=O)Nc1nc2cc(C=O)cc3c2n1C/C=C/Cn1c(NC(=O)c2cc(C)nn2CC)nc2cc(C(=O)NCCCN4CCCC4)cc(c21)OCCCO3. The fraction of sp³-hybridized carbons (Fsp3) is 0.409. The first-order valence-corrected chi connectivity index (χ1v) is 21.3. The van der Waals surface area contributed by atoms with Gasteiger partial charge in [0.15, 0.2) is 0 Å². The normalized spacial score (nSPS) is 15.1. The zero-order chi connectivity index (χ0) is 43.3. The van der Waals surface area contributed by atoms with Crippen molar-refractivity contribution in [1.82, 2.24) is 48.9 Å². The van der Waals surface area contributed by atoms with Crippen LogP contribution in [0.15, 0.2) is 48.6 Å². The lowest BCUT2D eigenvalue weighted by atomic mass is 10.1. The minimum absolute atomic E-state index is 0.204. The largest absolute Gasteiger partial charge is 0.491 e. The second-order valence-electron chi connectivity index (χ2n) is 15.5. The first-order chi connectivity index (χ1) is 30.1. The van der Waals surface area contributed by atoms with Gasteiger partial charge in [0, 0.05) is 50.3 Å². The maximum Gasteiger partial charge on any atom is 0.276 e. The van der Waals surface area contributed by atoms with Gasteiger partial charge in [-0.1, -0.05) is 12.2 Å². The van der Waals surface area contributed by atoms with Crippen molar-refractivity contribution in [2.45, 2.75) is 79.6 Å². The summed E-state index contributed by atoms with van der Waals surface area (Å²) < 4.78 is 19.7. The summed E-state index contributed by atoms with van der Waals surface area (Å²) in [6, 6.07) is 10.2. The van der Waals surface area contributed by atoms with E-state index in [1.54, 1.807) is 45.8 Å². The summed E-state index contributed by atoms with van der Waals surface area (Å²) >= 11 is 0. The van der Waals surface area contributed by atoms with E-state index < -0.39 is 0 Å². The Morgan fingerprint density at radius 1 is 0.710 bits per heavy atom. The Morgan fingerprint density at radius 3 is 1.81 bits per heavy atom. The van der Waals surface area contributed by atoms with E-state index in [-0.39, 0.29) is 55.9 Å². The molecule has 18 heteroatoms. The number of hydrogen-bond donors (Lipinski definition) is 3. The minimum Gasteiger partial charge on any atom is -0.491 e. The van der Waals surface area contributed by atoms with E-state index in [0.29, 0.717) is 93.5 Å². The van der Waals surface area contributed by atoms with Crippen molar-refractivity contribution >= 4 is 58.0 Å². The predicted octanol–water partition coefficient (Wildman–Crippen LogP) is 5.39. The fourth-order valence-electron chi connectivity index (χ4n) is 8.11. The molecule has 62 heavy (non-hydrogen) atoms. The number of carbonyl (C=O) groups excluding carboxylic acids is 4. The van der Waals surface area contributed by atoms with Crippen LogP contribution in [0.1, 0.15) is 92.6 Å². The van der Waals surface area contributed by atoms with Crippen molar-refractivity contribution in [2.24, 2.45) is 0 Å². The van der Waals surface area contributed by atoms with Crippen molar-refractivity contribution in [1.29, 1.82) is 0 Å². The minimum atomic E-state index is -0.387. The number of nitrogens with zero attached hydrogens (tertiary/aromatic N) is 9. The Bertz CT molecular complexity index is 2680. The number of hydrogen-bond acceptors (Lipinski definition) is 11. The molecule has 8 rings (SSSR count). The Hall–Kier alpha value is -6.82. The molecule has 2 aliphatic rings. The highest BCUT2D eigenvalue weighted by molar-refractivity contribution is 6.05. The van der Waals surface area contributed by atoms with Crippen molar-refractivity contribution < 1.29 is 28.7 Å². The van der Waals surface area contributed by atoms with Gasteiger partial charge in [0.25, 0.3) is 17.7 Å². The molecule has 18 nitrogen and oxygen atoms in total. The zero-order valence-corrected chi connectivity index (χ0v) is 35.6. The molecule has 0 saturated carbocycles. The molecule has 0 spiro atoms. The van der Waals surface area contributed by atoms with Crippen LogP contribution in [0.25, 0.3) is 22.1 Å². The van der Waals surface area contributed by atoms with Crippen LogP contribution in [0.5, 0.6) is 11.5 Å². The number of imidazole rings is 2. The van der Waals surface area contributed by atoms with Gasteiger partial charge in [0.05, 0.1) is 35.6 Å². The summed E-state index contributed by atoms with van der Waals surface area (Å²) in [5.74, 6) is 0.324. The van der Waals surface area contributed by atoms with E-state index in [1.807, 2.05) is 49.0 Å². The molecule has 0 unspecified atom stereocenters. The van der Waals surface area contributed by atoms with E-state index in [1.165, 1.54) is 12.8 Å². The average Bonchev–Trinajstić information content (AvgIpc) is 4.11. The van der Waals surface area contributed by atoms with E-state index in [2.05, 4.69) is 31.0 Å². The molecule has 6 aromatic rings. The molecular formula is C44H52N12O6. The Labute approximate surface area is 358 Å². The number of benzene rings is 2. The van der Waals surface area contributed by atoms with Gasteiger partial charge in [-0.15, -0.1) is 0 Å². The third kappa shape index (κ3) is 8.81. The number of ether oxygens (including phenoxy) is 2. The number of anilines is 2. The van der Waals surface area contributed by atoms with Gasteiger partial charge in [-0.05, 0) is 103 Å². The van der Waals surface area contributed by atoms with Crippen LogP contribution >= 0.6 is 0 Å². The summed E-state index contributed by atoms with van der Waals surface area (Å²) in [5.41, 5.74) is 5.04. The van der Waals surface area contributed by atoms with Crippen molar-refractivity contribution in [3.63, 3.8) is 0 Å². The fourth-order valence-corrected chi connectivity index (χ4v) is 8.11. The molecule has 0 atom stereocenters. The molecule has 0 bridgehead atoms. The summed E-state index contributed by atoms with van der Waals surface area (Å²) in [5, 5.41) is 17.9. The van der Waals surface area contributed by atoms with Crippen LogP contribution in [-0.4, -0.2) is 107 Å². The second kappa shape index (κ2) is 18.4. The maximum absolute atomic E-state index is 13.9. The lowest BCUT2D eigenvalue weighted by molar-refractivity contribution is 0.0949. The van der Waals surface area contributed by atoms with Crippen molar-refractivity contribution in [2.75, 3.05) is 50.0 Å². The molecule has 1 fully saturated rings. The lowest BCUT2D eigenvalue weighted by Gasteiger charge is -2.15. The molecule has 1 saturated heterocycles. The molecule has 3 amide bonds. The molecule has 2 aliphatic heterocycles. The van der Waals surface area contributed by atoms with Gasteiger partial charge in [0.1, 0.15) is 40.2 Å². The molecule has 4 aromatic heterocycles. The molecule has 0 aliphatic carbocycles. The first kappa shape index (κ1) is 41.9. The maximum atomic E-state index is 13.9. The van der Waals surface area contributed by atoms with Gasteiger partial charge < -0.3 is 28.8 Å². The topological polar surface area (TPSA) is 197 Å². The van der Waals surface area contributed by atoms with E-state index >= 15 is 0 Å². The van der Waals surface area contributed by atoms with E-state index in [9.17, 15) is 19.2 Å². The molecular weight excluding hydrogens is 793 g/mol. The van der Waals surface area contributed by atoms with E-state index in [4.69, 9.17) is 19.4 Å². The molecule has 2 aromatic carbocycles. The highest BCUT2D eigenvalue weighted by atomic mass is 16.5. The monoisotopic (exact) mass is 844 g/mol. The number of allylic oxidation sites excluding steroid dienone is 2. The zero-order valence-electron chi connectivity index (χ0n) is 35.6. The number of amides is 3. The number of nitrogens with one attached hydrogen (secondary N) is 3. The van der Waals surface area contributed by atoms with Crippen LogP contribution < -0.4 is 25.4 Å². The molecule has 3 N–H and O–H groups in total. The van der Waals surface area contributed by atoms with Gasteiger partial charge in [-0.25, -0.2) is 9.97 Å². The smallest absolute Gasteiger partial charge is 0.276 e. The highest BCUT2D eigenvalue weighted by Crippen LogP contribution is 2.34. The van der Waals surface area contributed by atoms with Crippen LogP contribution in [-0.2, 0) is 26.2 Å². The number of aromatic nitrogens is 8. The molecule has 6 heterocycles. The molecule has 324 valence electrons. The number of likely N-dealkylation sites (tertiary alicyclic amines) is 1. The summed E-state index contributed by atoms with van der Waals surface area (Å²) in [6.45, 7) is 13.0. The molecule has 0 radical (unpaired) electrons. The number of aldehydes is 1. The predicted molar refractivity (Wildman–Crippen MR) is 233 cm³/mol. The van der Waals surface area contributed by atoms with E-state index in [0.717, 1.165) is 32.3 Å². The number of aryl methyl sites for hydroxylation is 4. The Kier molecular flexibility index (Phi) is 12.5. The summed E-state index contributed by atoms with van der Waals surface area (Å²) in [6.07, 6.45) is 8.24. The Balaban J connectivity index is 1.16. The lowest BCUT2D eigenvalue weighted by Crippen LogP contribution is -2.28. The van der Waals surface area contributed by atoms with Crippen LogP contribution in [0.3, 0.4) is 0 Å². The quantitative estimate of drug-likeness (QED) is 0.0812. The van der Waals surface area contributed by atoms with Crippen LogP contribution in [0.2, 0.25) is 0 Å². The standard InChI is InChI=1S/C44H52N12O6/c1-5-55-34(21-28(3)50-55)41(59)48-43-46-32-23-30(27-57)24-36-38(32)53(43)17-9-10-18-54-39-33(47-44(54)49-42(60)35-22-29(4)51-56(35)6-2)25-31(26-37(39)62-20-12-19-61-36)40(58)45-13-11-16-52-14-7-8-15-52/h9-10,21-27H,5-8,11-20H2,1-4H3,(H,45,58)(H,46,48,59)(H,47,49,60)/b10-9+. The van der Waals surface area contributed by atoms with Crippen LogP contribution in [0, 0.1) is 13.8 Å². The van der Waals surface area contributed by atoms with Gasteiger partial charge >= 0.3 is 0 Å². The van der Waals surface area contributed by atoms with Crippen molar-refractivity contribution in [3.05, 3.63) is 82.5 Å². The average molecular weight is 845 g/mol. The highest BCUT2D eigenvalue weighted by Gasteiger charge is 2.24. The van der Waals surface area contributed by atoms with Gasteiger partial charge in [0.2, 0.25) is 11.9 Å².